The molecule has 0 aliphatic heterocycles. The van der Waals surface area contributed by atoms with Crippen molar-refractivity contribution in [2.75, 3.05) is 0 Å². The zero-order chi connectivity index (χ0) is 14.6. The third-order valence-corrected chi connectivity index (χ3v) is 3.02. The summed E-state index contributed by atoms with van der Waals surface area (Å²) in [5, 5.41) is 2.55. The number of benzene rings is 1. The molecule has 1 aromatic rings. The number of nitrogens with one attached hydrogen (secondary N) is 1. The van der Waals surface area contributed by atoms with E-state index in [1.165, 1.54) is 0 Å². The predicted molar refractivity (Wildman–Crippen MR) is 77.1 cm³/mol. The van der Waals surface area contributed by atoms with Crippen LogP contribution >= 0.6 is 15.9 Å². The van der Waals surface area contributed by atoms with Gasteiger partial charge in [-0.2, -0.15) is 0 Å². The minimum absolute atomic E-state index is 0.596. The summed E-state index contributed by atoms with van der Waals surface area (Å²) in [6.45, 7) is 7.23. The smallest absolute Gasteiger partial charge is 0.408 e. The van der Waals surface area contributed by atoms with E-state index in [2.05, 4.69) is 21.2 Å². The molecule has 0 aliphatic rings. The number of amides is 1. The molecule has 0 saturated carbocycles. The fourth-order valence-corrected chi connectivity index (χ4v) is 2.01. The summed E-state index contributed by atoms with van der Waals surface area (Å²) in [6.07, 6.45) is 0.0710. The van der Waals surface area contributed by atoms with Gasteiger partial charge in [0.15, 0.2) is 0 Å². The Kier molecular flexibility index (Phi) is 5.11. The summed E-state index contributed by atoms with van der Waals surface area (Å²) >= 11 is 3.37. The van der Waals surface area contributed by atoms with E-state index in [9.17, 15) is 9.59 Å². The van der Waals surface area contributed by atoms with Gasteiger partial charge >= 0.3 is 6.09 Å². The van der Waals surface area contributed by atoms with Crippen molar-refractivity contribution in [3.8, 4) is 0 Å². The average molecular weight is 328 g/mol. The zero-order valence-electron chi connectivity index (χ0n) is 11.5. The minimum Gasteiger partial charge on any atom is -0.444 e. The van der Waals surface area contributed by atoms with Gasteiger partial charge in [-0.15, -0.1) is 0 Å². The highest BCUT2D eigenvalue weighted by Crippen LogP contribution is 2.24. The molecule has 5 heteroatoms. The molecule has 1 unspecified atom stereocenters. The summed E-state index contributed by atoms with van der Waals surface area (Å²) < 4.78 is 5.91. The molecule has 0 spiro atoms. The van der Waals surface area contributed by atoms with Crippen molar-refractivity contribution < 1.29 is 14.3 Å². The minimum atomic E-state index is -0.732. The third kappa shape index (κ3) is 5.03. The highest BCUT2D eigenvalue weighted by atomic mass is 79.9. The third-order valence-electron chi connectivity index (χ3n) is 2.29. The van der Waals surface area contributed by atoms with E-state index in [1.54, 1.807) is 20.8 Å². The number of aldehydes is 1. The molecule has 0 saturated heterocycles. The lowest BCUT2D eigenvalue weighted by molar-refractivity contribution is -0.109. The van der Waals surface area contributed by atoms with Gasteiger partial charge in [-0.1, -0.05) is 33.6 Å². The van der Waals surface area contributed by atoms with Crippen LogP contribution in [0.5, 0.6) is 0 Å². The van der Waals surface area contributed by atoms with E-state index >= 15 is 0 Å². The van der Waals surface area contributed by atoms with Crippen molar-refractivity contribution in [1.29, 1.82) is 0 Å². The first-order valence-electron chi connectivity index (χ1n) is 5.94. The Labute approximate surface area is 121 Å². The van der Waals surface area contributed by atoms with Crippen LogP contribution in [0.3, 0.4) is 0 Å². The van der Waals surface area contributed by atoms with Gasteiger partial charge in [0.2, 0.25) is 0 Å². The van der Waals surface area contributed by atoms with Crippen molar-refractivity contribution >= 4 is 28.3 Å². The van der Waals surface area contributed by atoms with E-state index in [1.807, 2.05) is 25.1 Å². The Morgan fingerprint density at radius 3 is 2.58 bits per heavy atom. The van der Waals surface area contributed by atoms with Crippen LogP contribution in [0.2, 0.25) is 0 Å². The first-order chi connectivity index (χ1) is 8.73. The molecule has 0 aromatic heterocycles. The van der Waals surface area contributed by atoms with Gasteiger partial charge in [0.25, 0.3) is 0 Å². The number of ether oxygens (including phenoxy) is 1. The van der Waals surface area contributed by atoms with Crippen molar-refractivity contribution in [3.63, 3.8) is 0 Å². The summed E-state index contributed by atoms with van der Waals surface area (Å²) in [5.74, 6) is 0. The molecule has 19 heavy (non-hydrogen) atoms. The van der Waals surface area contributed by atoms with E-state index in [-0.39, 0.29) is 0 Å². The number of carbonyl (C=O) groups is 2. The molecule has 0 radical (unpaired) electrons. The molecular weight excluding hydrogens is 310 g/mol. The molecule has 1 aromatic carbocycles. The second-order valence-corrected chi connectivity index (χ2v) is 6.14. The second-order valence-electron chi connectivity index (χ2n) is 5.28. The zero-order valence-corrected chi connectivity index (χ0v) is 13.1. The maximum Gasteiger partial charge on any atom is 0.408 e. The highest BCUT2D eigenvalue weighted by molar-refractivity contribution is 9.10. The average Bonchev–Trinajstić information content (AvgIpc) is 2.27. The number of hydrogen-bond donors (Lipinski definition) is 1. The van der Waals surface area contributed by atoms with Crippen molar-refractivity contribution in [2.24, 2.45) is 0 Å². The van der Waals surface area contributed by atoms with Crippen LogP contribution in [0.25, 0.3) is 0 Å². The predicted octanol–water partition coefficient (Wildman–Crippen LogP) is 3.52. The number of halogens is 1. The molecule has 1 amide bonds. The van der Waals surface area contributed by atoms with Crippen LogP contribution in [0.1, 0.15) is 37.9 Å². The molecule has 0 aliphatic carbocycles. The molecular formula is C14H18BrNO3. The van der Waals surface area contributed by atoms with Gasteiger partial charge in [0, 0.05) is 4.47 Å². The van der Waals surface area contributed by atoms with Gasteiger partial charge in [-0.05, 0) is 39.3 Å². The lowest BCUT2D eigenvalue weighted by atomic mass is 10.1. The van der Waals surface area contributed by atoms with Crippen LogP contribution in [-0.2, 0) is 9.53 Å². The number of aryl methyl sites for hydroxylation is 1. The van der Waals surface area contributed by atoms with Crippen LogP contribution in [0.15, 0.2) is 22.7 Å². The Morgan fingerprint density at radius 2 is 2.05 bits per heavy atom. The number of carbonyl (C=O) groups excluding carboxylic acids is 2. The van der Waals surface area contributed by atoms with Gasteiger partial charge < -0.3 is 14.8 Å². The molecule has 1 rings (SSSR count). The molecule has 0 heterocycles. The SMILES string of the molecule is Cc1ccc(Br)c(C(C=O)NC(=O)OC(C)(C)C)c1. The Morgan fingerprint density at radius 1 is 1.42 bits per heavy atom. The molecule has 0 fully saturated rings. The number of alkyl carbamates (subject to hydrolysis) is 1. The van der Waals surface area contributed by atoms with Crippen LogP contribution in [0, 0.1) is 6.92 Å². The Balaban J connectivity index is 2.87. The lowest BCUT2D eigenvalue weighted by Gasteiger charge is -2.22. The van der Waals surface area contributed by atoms with E-state index < -0.39 is 17.7 Å². The lowest BCUT2D eigenvalue weighted by Crippen LogP contribution is -2.35. The number of hydrogen-bond acceptors (Lipinski definition) is 3. The fourth-order valence-electron chi connectivity index (χ4n) is 1.52. The fraction of sp³-hybridized carbons (Fsp3) is 0.429. The summed E-state index contributed by atoms with van der Waals surface area (Å²) in [7, 11) is 0. The quantitative estimate of drug-likeness (QED) is 0.864. The molecule has 104 valence electrons. The van der Waals surface area contributed by atoms with Crippen molar-refractivity contribution in [3.05, 3.63) is 33.8 Å². The van der Waals surface area contributed by atoms with Gasteiger partial charge in [-0.25, -0.2) is 4.79 Å². The maximum absolute atomic E-state index is 11.7. The first kappa shape index (κ1) is 15.7. The number of rotatable bonds is 3. The van der Waals surface area contributed by atoms with Gasteiger partial charge in [0.05, 0.1) is 0 Å². The highest BCUT2D eigenvalue weighted by Gasteiger charge is 2.21. The van der Waals surface area contributed by atoms with Crippen LogP contribution in [-0.4, -0.2) is 18.0 Å². The van der Waals surface area contributed by atoms with Gasteiger partial charge in [-0.3, -0.25) is 0 Å². The molecule has 4 nitrogen and oxygen atoms in total. The van der Waals surface area contributed by atoms with Crippen LogP contribution < -0.4 is 5.32 Å². The normalized spacial score (nSPS) is 12.7. The van der Waals surface area contributed by atoms with Crippen molar-refractivity contribution in [2.45, 2.75) is 39.3 Å². The van der Waals surface area contributed by atoms with E-state index in [4.69, 9.17) is 4.74 Å². The summed E-state index contributed by atoms with van der Waals surface area (Å²) in [4.78, 5) is 22.9. The molecule has 1 atom stereocenters. The van der Waals surface area contributed by atoms with E-state index in [0.29, 0.717) is 11.8 Å². The molecule has 0 bridgehead atoms. The standard InChI is InChI=1S/C14H18BrNO3/c1-9-5-6-11(15)10(7-9)12(8-17)16-13(18)19-14(2,3)4/h5-8,12H,1-4H3,(H,16,18). The topological polar surface area (TPSA) is 55.4 Å². The first-order valence-corrected chi connectivity index (χ1v) is 6.73. The monoisotopic (exact) mass is 327 g/mol. The Bertz CT molecular complexity index is 480. The van der Waals surface area contributed by atoms with Crippen molar-refractivity contribution in [1.82, 2.24) is 5.32 Å². The van der Waals surface area contributed by atoms with Gasteiger partial charge in [0.1, 0.15) is 17.9 Å². The second kappa shape index (κ2) is 6.19. The largest absolute Gasteiger partial charge is 0.444 e. The summed E-state index contributed by atoms with van der Waals surface area (Å²) in [6, 6.07) is 4.88. The summed E-state index contributed by atoms with van der Waals surface area (Å²) in [5.41, 5.74) is 1.12. The van der Waals surface area contributed by atoms with Crippen LogP contribution in [0.4, 0.5) is 4.79 Å². The van der Waals surface area contributed by atoms with E-state index in [0.717, 1.165) is 10.0 Å². The maximum atomic E-state index is 11.7. The molecule has 1 N–H and O–H groups in total. The Hall–Kier alpha value is -1.36.